The van der Waals surface area contributed by atoms with Crippen LogP contribution in [-0.4, -0.2) is 42.0 Å². The van der Waals surface area contributed by atoms with E-state index in [0.717, 1.165) is 18.3 Å². The van der Waals surface area contributed by atoms with Gasteiger partial charge in [-0.05, 0) is 56.5 Å². The van der Waals surface area contributed by atoms with Crippen LogP contribution in [0.1, 0.15) is 36.8 Å². The minimum absolute atomic E-state index is 0.796. The Hall–Kier alpha value is -1.06. The van der Waals surface area contributed by atoms with Gasteiger partial charge in [-0.1, -0.05) is 18.6 Å². The zero-order valence-corrected chi connectivity index (χ0v) is 12.6. The summed E-state index contributed by atoms with van der Waals surface area (Å²) in [5.41, 5.74) is 9.40. The molecule has 1 aromatic carbocycles. The average molecular weight is 273 g/mol. The Morgan fingerprint density at radius 1 is 1.15 bits per heavy atom. The summed E-state index contributed by atoms with van der Waals surface area (Å²) in [7, 11) is 0. The van der Waals surface area contributed by atoms with Crippen LogP contribution in [0.4, 0.5) is 5.69 Å². The van der Waals surface area contributed by atoms with E-state index in [9.17, 15) is 0 Å². The predicted molar refractivity (Wildman–Crippen MR) is 84.7 cm³/mol. The van der Waals surface area contributed by atoms with Gasteiger partial charge in [0, 0.05) is 31.4 Å². The summed E-state index contributed by atoms with van der Waals surface area (Å²) in [4.78, 5) is 5.32. The fourth-order valence-electron chi connectivity index (χ4n) is 3.63. The molecule has 2 saturated heterocycles. The summed E-state index contributed by atoms with van der Waals surface area (Å²) >= 11 is 0. The van der Waals surface area contributed by atoms with E-state index >= 15 is 0 Å². The second kappa shape index (κ2) is 6.15. The van der Waals surface area contributed by atoms with Crippen LogP contribution in [-0.2, 0) is 6.54 Å². The standard InChI is InChI=1S/C17H27N3/c1-14-11-15(5-6-17(14)18)12-19-10-7-16(13-19)20-8-3-2-4-9-20/h5-6,11,16H,2-4,7-10,12-13,18H2,1H3. The molecule has 0 amide bonds. The lowest BCUT2D eigenvalue weighted by molar-refractivity contribution is 0.161. The van der Waals surface area contributed by atoms with Gasteiger partial charge in [-0.3, -0.25) is 9.80 Å². The molecule has 0 bridgehead atoms. The van der Waals surface area contributed by atoms with Crippen molar-refractivity contribution in [2.45, 2.75) is 45.2 Å². The first-order valence-corrected chi connectivity index (χ1v) is 8.04. The molecule has 0 radical (unpaired) electrons. The third kappa shape index (κ3) is 3.15. The number of hydrogen-bond acceptors (Lipinski definition) is 3. The molecule has 2 heterocycles. The maximum atomic E-state index is 5.90. The second-order valence-electron chi connectivity index (χ2n) is 6.47. The molecule has 1 aromatic rings. The molecule has 0 spiro atoms. The van der Waals surface area contributed by atoms with Crippen molar-refractivity contribution in [1.82, 2.24) is 9.80 Å². The monoisotopic (exact) mass is 273 g/mol. The van der Waals surface area contributed by atoms with Crippen LogP contribution in [0.25, 0.3) is 0 Å². The van der Waals surface area contributed by atoms with E-state index in [1.165, 1.54) is 63.0 Å². The topological polar surface area (TPSA) is 32.5 Å². The van der Waals surface area contributed by atoms with E-state index in [4.69, 9.17) is 5.73 Å². The van der Waals surface area contributed by atoms with Crippen LogP contribution in [0.15, 0.2) is 18.2 Å². The first-order chi connectivity index (χ1) is 9.72. The molecule has 3 rings (SSSR count). The van der Waals surface area contributed by atoms with Crippen LogP contribution in [0.2, 0.25) is 0 Å². The van der Waals surface area contributed by atoms with E-state index in [-0.39, 0.29) is 0 Å². The normalized spacial score (nSPS) is 25.1. The third-order valence-electron chi connectivity index (χ3n) is 4.89. The summed E-state index contributed by atoms with van der Waals surface area (Å²) in [6, 6.07) is 7.26. The highest BCUT2D eigenvalue weighted by Crippen LogP contribution is 2.22. The maximum absolute atomic E-state index is 5.90. The van der Waals surface area contributed by atoms with Crippen LogP contribution in [0.3, 0.4) is 0 Å². The molecule has 2 fully saturated rings. The number of anilines is 1. The first-order valence-electron chi connectivity index (χ1n) is 8.04. The number of hydrogen-bond donors (Lipinski definition) is 1. The number of nitrogens with two attached hydrogens (primary N) is 1. The molecule has 2 aliphatic heterocycles. The Bertz CT molecular complexity index is 452. The van der Waals surface area contributed by atoms with Gasteiger partial charge < -0.3 is 5.73 Å². The summed E-state index contributed by atoms with van der Waals surface area (Å²) in [6.45, 7) is 8.29. The lowest BCUT2D eigenvalue weighted by atomic mass is 10.1. The number of aryl methyl sites for hydroxylation is 1. The van der Waals surface area contributed by atoms with Gasteiger partial charge in [0.25, 0.3) is 0 Å². The Labute approximate surface area is 122 Å². The SMILES string of the molecule is Cc1cc(CN2CCC(N3CCCCC3)C2)ccc1N. The first kappa shape index (κ1) is 13.9. The Morgan fingerprint density at radius 2 is 1.95 bits per heavy atom. The summed E-state index contributed by atoms with van der Waals surface area (Å²) in [6.07, 6.45) is 5.56. The minimum Gasteiger partial charge on any atom is -0.399 e. The highest BCUT2D eigenvalue weighted by Gasteiger charge is 2.28. The third-order valence-corrected chi connectivity index (χ3v) is 4.89. The van der Waals surface area contributed by atoms with Gasteiger partial charge in [0.05, 0.1) is 0 Å². The highest BCUT2D eigenvalue weighted by atomic mass is 15.3. The molecule has 2 N–H and O–H groups in total. The molecule has 0 aliphatic carbocycles. The van der Waals surface area contributed by atoms with Gasteiger partial charge in [-0.25, -0.2) is 0 Å². The van der Waals surface area contributed by atoms with Gasteiger partial charge in [0.1, 0.15) is 0 Å². The van der Waals surface area contributed by atoms with Crippen molar-refractivity contribution >= 4 is 5.69 Å². The van der Waals surface area contributed by atoms with Crippen molar-refractivity contribution in [1.29, 1.82) is 0 Å². The lowest BCUT2D eigenvalue weighted by Gasteiger charge is -2.32. The molecular weight excluding hydrogens is 246 g/mol. The van der Waals surface area contributed by atoms with Crippen LogP contribution < -0.4 is 5.73 Å². The number of nitrogens with zero attached hydrogens (tertiary/aromatic N) is 2. The molecule has 0 saturated carbocycles. The van der Waals surface area contributed by atoms with E-state index < -0.39 is 0 Å². The van der Waals surface area contributed by atoms with Crippen molar-refractivity contribution in [3.8, 4) is 0 Å². The van der Waals surface area contributed by atoms with Gasteiger partial charge in [0.15, 0.2) is 0 Å². The molecule has 3 heteroatoms. The molecule has 110 valence electrons. The fraction of sp³-hybridized carbons (Fsp3) is 0.647. The van der Waals surface area contributed by atoms with E-state index in [2.05, 4.69) is 28.9 Å². The molecule has 1 unspecified atom stereocenters. The number of nitrogen functional groups attached to an aromatic ring is 1. The number of likely N-dealkylation sites (tertiary alicyclic amines) is 2. The molecule has 2 aliphatic rings. The molecular formula is C17H27N3. The lowest BCUT2D eigenvalue weighted by Crippen LogP contribution is -2.40. The summed E-state index contributed by atoms with van der Waals surface area (Å²) < 4.78 is 0. The van der Waals surface area contributed by atoms with E-state index in [1.54, 1.807) is 0 Å². The van der Waals surface area contributed by atoms with Crippen molar-refractivity contribution < 1.29 is 0 Å². The predicted octanol–water partition coefficient (Wildman–Crippen LogP) is 2.64. The molecule has 0 aromatic heterocycles. The quantitative estimate of drug-likeness (QED) is 0.859. The number of benzene rings is 1. The zero-order chi connectivity index (χ0) is 13.9. The number of rotatable bonds is 3. The van der Waals surface area contributed by atoms with Crippen molar-refractivity contribution in [3.05, 3.63) is 29.3 Å². The van der Waals surface area contributed by atoms with E-state index in [0.29, 0.717) is 0 Å². The summed E-state index contributed by atoms with van der Waals surface area (Å²) in [5.74, 6) is 0. The van der Waals surface area contributed by atoms with Crippen molar-refractivity contribution in [3.63, 3.8) is 0 Å². The smallest absolute Gasteiger partial charge is 0.0343 e. The minimum atomic E-state index is 0.796. The second-order valence-corrected chi connectivity index (χ2v) is 6.47. The fourth-order valence-corrected chi connectivity index (χ4v) is 3.63. The van der Waals surface area contributed by atoms with Gasteiger partial charge in [-0.15, -0.1) is 0 Å². The Kier molecular flexibility index (Phi) is 4.27. The van der Waals surface area contributed by atoms with Crippen LogP contribution in [0, 0.1) is 6.92 Å². The number of piperidine rings is 1. The maximum Gasteiger partial charge on any atom is 0.0343 e. The Balaban J connectivity index is 1.55. The Morgan fingerprint density at radius 3 is 2.70 bits per heavy atom. The molecule has 20 heavy (non-hydrogen) atoms. The van der Waals surface area contributed by atoms with Gasteiger partial charge in [0.2, 0.25) is 0 Å². The van der Waals surface area contributed by atoms with E-state index in [1.807, 2.05) is 6.07 Å². The van der Waals surface area contributed by atoms with Crippen molar-refractivity contribution in [2.24, 2.45) is 0 Å². The highest BCUT2D eigenvalue weighted by molar-refractivity contribution is 5.47. The zero-order valence-electron chi connectivity index (χ0n) is 12.6. The molecule has 3 nitrogen and oxygen atoms in total. The largest absolute Gasteiger partial charge is 0.399 e. The van der Waals surface area contributed by atoms with Crippen molar-refractivity contribution in [2.75, 3.05) is 31.9 Å². The van der Waals surface area contributed by atoms with Crippen LogP contribution >= 0.6 is 0 Å². The summed E-state index contributed by atoms with van der Waals surface area (Å²) in [5, 5.41) is 0. The van der Waals surface area contributed by atoms with Gasteiger partial charge >= 0.3 is 0 Å². The average Bonchev–Trinajstić information content (AvgIpc) is 2.92. The van der Waals surface area contributed by atoms with Crippen LogP contribution in [0.5, 0.6) is 0 Å². The molecule has 1 atom stereocenters. The van der Waals surface area contributed by atoms with Gasteiger partial charge in [-0.2, -0.15) is 0 Å².